The monoisotopic (exact) mass is 479 g/mol. The number of halogens is 1. The van der Waals surface area contributed by atoms with Crippen molar-refractivity contribution in [2.24, 2.45) is 0 Å². The molecular weight excluding hydrogens is 454 g/mol. The molecule has 0 bridgehead atoms. The third-order valence-electron chi connectivity index (χ3n) is 5.09. The molecule has 0 spiro atoms. The molecule has 0 atom stereocenters. The van der Waals surface area contributed by atoms with Gasteiger partial charge in [-0.1, -0.05) is 65.9 Å². The van der Waals surface area contributed by atoms with Gasteiger partial charge in [-0.2, -0.15) is 5.10 Å². The van der Waals surface area contributed by atoms with Crippen LogP contribution >= 0.6 is 15.9 Å². The van der Waals surface area contributed by atoms with Crippen LogP contribution in [0, 0.1) is 0 Å². The number of rotatable bonds is 7. The molecule has 4 nitrogen and oxygen atoms in total. The van der Waals surface area contributed by atoms with Crippen molar-refractivity contribution in [3.8, 4) is 22.3 Å². The second kappa shape index (κ2) is 8.84. The molecule has 0 aliphatic rings. The second-order valence-electron chi connectivity index (χ2n) is 8.72. The third kappa shape index (κ3) is 5.06. The summed E-state index contributed by atoms with van der Waals surface area (Å²) in [5.41, 5.74) is 5.59. The minimum absolute atomic E-state index is 0.503. The zero-order valence-electron chi connectivity index (χ0n) is 17.6. The molecule has 0 fully saturated rings. The summed E-state index contributed by atoms with van der Waals surface area (Å²) in [6.07, 6.45) is 5.76. The minimum Gasteiger partial charge on any atom is -0.360 e. The van der Waals surface area contributed by atoms with Gasteiger partial charge in [-0.05, 0) is 40.9 Å². The molecule has 4 aromatic rings. The molecule has 0 radical (unpaired) electrons. The van der Waals surface area contributed by atoms with Gasteiger partial charge < -0.3 is 4.74 Å². The Morgan fingerprint density at radius 3 is 2.37 bits per heavy atom. The SMILES string of the molecule is C[Si](C)(C)CCOCn1cc(-c2ccc(-c3ccc4nccc(Br)c4c3)cc2)cn1. The summed E-state index contributed by atoms with van der Waals surface area (Å²) in [5, 5.41) is 5.56. The molecule has 2 aromatic heterocycles. The van der Waals surface area contributed by atoms with Gasteiger partial charge in [-0.3, -0.25) is 4.98 Å². The standard InChI is InChI=1S/C24H26BrN3OSi/c1-30(2,3)13-12-29-17-28-16-21(15-27-28)19-6-4-18(5-7-19)20-8-9-24-22(14-20)23(25)10-11-26-24/h4-11,14-16H,12-13,17H2,1-3H3. The average Bonchev–Trinajstić information content (AvgIpc) is 3.20. The Morgan fingerprint density at radius 2 is 1.63 bits per heavy atom. The summed E-state index contributed by atoms with van der Waals surface area (Å²) in [6, 6.07) is 18.1. The van der Waals surface area contributed by atoms with E-state index in [1.165, 1.54) is 17.2 Å². The van der Waals surface area contributed by atoms with Crippen molar-refractivity contribution in [3.63, 3.8) is 0 Å². The van der Waals surface area contributed by atoms with E-state index in [2.05, 4.69) is 88.1 Å². The highest BCUT2D eigenvalue weighted by Gasteiger charge is 2.12. The number of fused-ring (bicyclic) bond motifs is 1. The molecule has 4 rings (SSSR count). The summed E-state index contributed by atoms with van der Waals surface area (Å²) in [5.74, 6) is 0. The maximum Gasteiger partial charge on any atom is 0.139 e. The molecule has 0 amide bonds. The van der Waals surface area contributed by atoms with Crippen LogP contribution < -0.4 is 0 Å². The Balaban J connectivity index is 1.45. The smallest absolute Gasteiger partial charge is 0.139 e. The lowest BCUT2D eigenvalue weighted by Crippen LogP contribution is -2.22. The van der Waals surface area contributed by atoms with Gasteiger partial charge in [-0.15, -0.1) is 0 Å². The van der Waals surface area contributed by atoms with Gasteiger partial charge in [-0.25, -0.2) is 4.68 Å². The molecule has 0 aliphatic heterocycles. The van der Waals surface area contributed by atoms with E-state index < -0.39 is 8.07 Å². The lowest BCUT2D eigenvalue weighted by atomic mass is 10.0. The van der Waals surface area contributed by atoms with Crippen LogP contribution in [0.3, 0.4) is 0 Å². The molecule has 2 aromatic carbocycles. The Bertz CT molecular complexity index is 1150. The van der Waals surface area contributed by atoms with Gasteiger partial charge in [0.1, 0.15) is 6.73 Å². The maximum atomic E-state index is 5.79. The molecule has 6 heteroatoms. The Hall–Kier alpha value is -2.28. The van der Waals surface area contributed by atoms with Crippen LogP contribution in [0.25, 0.3) is 33.2 Å². The van der Waals surface area contributed by atoms with Gasteiger partial charge in [0.25, 0.3) is 0 Å². The number of aromatic nitrogens is 3. The van der Waals surface area contributed by atoms with Crippen LogP contribution in [0.1, 0.15) is 0 Å². The quantitative estimate of drug-likeness (QED) is 0.215. The Kier molecular flexibility index (Phi) is 6.18. The van der Waals surface area contributed by atoms with E-state index >= 15 is 0 Å². The van der Waals surface area contributed by atoms with Crippen molar-refractivity contribution in [2.45, 2.75) is 32.4 Å². The molecule has 2 heterocycles. The largest absolute Gasteiger partial charge is 0.360 e. The highest BCUT2D eigenvalue weighted by Crippen LogP contribution is 2.29. The third-order valence-corrected chi connectivity index (χ3v) is 7.49. The summed E-state index contributed by atoms with van der Waals surface area (Å²) in [7, 11) is -1.06. The van der Waals surface area contributed by atoms with E-state index in [1.807, 2.05) is 29.3 Å². The molecular formula is C24H26BrN3OSi. The number of benzene rings is 2. The zero-order chi connectivity index (χ0) is 21.1. The molecule has 0 aliphatic carbocycles. The summed E-state index contributed by atoms with van der Waals surface area (Å²) >= 11 is 3.62. The van der Waals surface area contributed by atoms with Crippen molar-refractivity contribution < 1.29 is 4.74 Å². The molecule has 0 unspecified atom stereocenters. The van der Waals surface area contributed by atoms with E-state index in [0.29, 0.717) is 6.73 Å². The maximum absolute atomic E-state index is 5.79. The second-order valence-corrected chi connectivity index (χ2v) is 15.2. The van der Waals surface area contributed by atoms with Gasteiger partial charge in [0, 0.05) is 42.5 Å². The number of hydrogen-bond acceptors (Lipinski definition) is 3. The van der Waals surface area contributed by atoms with Crippen LogP contribution in [-0.2, 0) is 11.5 Å². The first kappa shape index (κ1) is 21.0. The molecule has 0 saturated heterocycles. The highest BCUT2D eigenvalue weighted by molar-refractivity contribution is 9.10. The van der Waals surface area contributed by atoms with Gasteiger partial charge in [0.15, 0.2) is 0 Å². The van der Waals surface area contributed by atoms with Crippen LogP contribution in [0.4, 0.5) is 0 Å². The number of hydrogen-bond donors (Lipinski definition) is 0. The van der Waals surface area contributed by atoms with E-state index in [0.717, 1.165) is 33.1 Å². The van der Waals surface area contributed by atoms with E-state index in [9.17, 15) is 0 Å². The van der Waals surface area contributed by atoms with E-state index in [1.54, 1.807) is 0 Å². The van der Waals surface area contributed by atoms with Gasteiger partial charge in [0.2, 0.25) is 0 Å². The highest BCUT2D eigenvalue weighted by atomic mass is 79.9. The van der Waals surface area contributed by atoms with E-state index in [4.69, 9.17) is 4.74 Å². The predicted octanol–water partition coefficient (Wildman–Crippen LogP) is 6.84. The minimum atomic E-state index is -1.06. The molecule has 0 saturated carbocycles. The lowest BCUT2D eigenvalue weighted by molar-refractivity contribution is 0.0786. The van der Waals surface area contributed by atoms with Crippen LogP contribution in [-0.4, -0.2) is 29.4 Å². The van der Waals surface area contributed by atoms with Crippen molar-refractivity contribution in [2.75, 3.05) is 6.61 Å². The van der Waals surface area contributed by atoms with Gasteiger partial charge >= 0.3 is 0 Å². The molecule has 154 valence electrons. The summed E-state index contributed by atoms with van der Waals surface area (Å²) in [6.45, 7) is 8.39. The fourth-order valence-electron chi connectivity index (χ4n) is 3.27. The van der Waals surface area contributed by atoms with Crippen molar-refractivity contribution in [1.29, 1.82) is 0 Å². The average molecular weight is 480 g/mol. The lowest BCUT2D eigenvalue weighted by Gasteiger charge is -2.15. The fourth-order valence-corrected chi connectivity index (χ4v) is 4.46. The zero-order valence-corrected chi connectivity index (χ0v) is 20.2. The van der Waals surface area contributed by atoms with Crippen LogP contribution in [0.2, 0.25) is 25.7 Å². The number of pyridine rings is 1. The van der Waals surface area contributed by atoms with Gasteiger partial charge in [0.05, 0.1) is 11.7 Å². The fraction of sp³-hybridized carbons (Fsp3) is 0.250. The van der Waals surface area contributed by atoms with E-state index in [-0.39, 0.29) is 0 Å². The first-order valence-corrected chi connectivity index (χ1v) is 14.6. The topological polar surface area (TPSA) is 39.9 Å². The van der Waals surface area contributed by atoms with Crippen LogP contribution in [0.5, 0.6) is 0 Å². The Labute approximate surface area is 187 Å². The summed E-state index contributed by atoms with van der Waals surface area (Å²) in [4.78, 5) is 4.42. The number of nitrogens with zero attached hydrogens (tertiary/aromatic N) is 3. The Morgan fingerprint density at radius 1 is 0.933 bits per heavy atom. The van der Waals surface area contributed by atoms with Crippen molar-refractivity contribution >= 4 is 34.9 Å². The molecule has 30 heavy (non-hydrogen) atoms. The summed E-state index contributed by atoms with van der Waals surface area (Å²) < 4.78 is 8.72. The number of ether oxygens (including phenoxy) is 1. The van der Waals surface area contributed by atoms with Crippen molar-refractivity contribution in [1.82, 2.24) is 14.8 Å². The normalized spacial score (nSPS) is 11.9. The first-order valence-electron chi connectivity index (χ1n) is 10.1. The first-order chi connectivity index (χ1) is 14.4. The van der Waals surface area contributed by atoms with Crippen LogP contribution in [0.15, 0.2) is 71.6 Å². The molecule has 0 N–H and O–H groups in total. The van der Waals surface area contributed by atoms with Crippen molar-refractivity contribution in [3.05, 3.63) is 71.6 Å². The predicted molar refractivity (Wildman–Crippen MR) is 130 cm³/mol.